The van der Waals surface area contributed by atoms with Crippen molar-refractivity contribution in [3.05, 3.63) is 84.1 Å². The zero-order chi connectivity index (χ0) is 24.9. The van der Waals surface area contributed by atoms with Crippen molar-refractivity contribution >= 4 is 17.7 Å². The van der Waals surface area contributed by atoms with Crippen LogP contribution in [-0.4, -0.2) is 64.7 Å². The molecular weight excluding hydrogens is 458 g/mol. The average molecular weight is 484 g/mol. The fourth-order valence-electron chi connectivity index (χ4n) is 4.04. The minimum atomic E-state index is -0.562. The van der Waals surface area contributed by atoms with Gasteiger partial charge in [0.15, 0.2) is 6.61 Å². The average Bonchev–Trinajstić information content (AvgIpc) is 3.42. The van der Waals surface area contributed by atoms with Crippen molar-refractivity contribution in [1.29, 1.82) is 0 Å². The highest BCUT2D eigenvalue weighted by Gasteiger charge is 2.23. The number of amides is 1. The molecule has 2 aromatic heterocycles. The number of rotatable bonds is 6. The highest BCUT2D eigenvalue weighted by atomic mass is 16.5. The van der Waals surface area contributed by atoms with Gasteiger partial charge in [-0.15, -0.1) is 10.2 Å². The summed E-state index contributed by atoms with van der Waals surface area (Å²) in [5, 5.41) is 8.26. The molecule has 4 aromatic rings. The number of carbonyl (C=O) groups is 2. The minimum absolute atomic E-state index is 0.213. The Kier molecular flexibility index (Phi) is 6.70. The lowest BCUT2D eigenvalue weighted by molar-refractivity contribution is -0.134. The van der Waals surface area contributed by atoms with Crippen LogP contribution in [-0.2, 0) is 9.53 Å². The highest BCUT2D eigenvalue weighted by molar-refractivity contribution is 5.91. The van der Waals surface area contributed by atoms with Crippen LogP contribution < -0.4 is 4.90 Å². The summed E-state index contributed by atoms with van der Waals surface area (Å²) in [5.41, 5.74) is 2.93. The predicted molar refractivity (Wildman–Crippen MR) is 133 cm³/mol. The van der Waals surface area contributed by atoms with Crippen molar-refractivity contribution in [2.45, 2.75) is 6.92 Å². The van der Waals surface area contributed by atoms with Crippen LogP contribution in [0.4, 0.5) is 5.82 Å². The van der Waals surface area contributed by atoms with Crippen molar-refractivity contribution < 1.29 is 18.7 Å². The van der Waals surface area contributed by atoms with E-state index in [4.69, 9.17) is 9.15 Å². The second-order valence-corrected chi connectivity index (χ2v) is 8.44. The van der Waals surface area contributed by atoms with Gasteiger partial charge < -0.3 is 19.0 Å². The summed E-state index contributed by atoms with van der Waals surface area (Å²) in [5.74, 6) is 0.911. The van der Waals surface area contributed by atoms with Gasteiger partial charge >= 0.3 is 5.97 Å². The standard InChI is InChI=1S/C27H25N5O4/c1-19-6-2-3-7-22(19)26-30-29-25(36-26)20-9-11-21(12-10-20)27(34)35-18-24(33)32-16-14-31(15-17-32)23-8-4-5-13-28-23/h2-13H,14-18H2,1H3. The number of carbonyl (C=O) groups excluding carboxylic acids is 2. The second kappa shape index (κ2) is 10.4. The van der Waals surface area contributed by atoms with E-state index in [9.17, 15) is 9.59 Å². The molecule has 0 bridgehead atoms. The summed E-state index contributed by atoms with van der Waals surface area (Å²) in [6.45, 7) is 4.14. The zero-order valence-electron chi connectivity index (χ0n) is 19.8. The molecule has 182 valence electrons. The first-order valence-corrected chi connectivity index (χ1v) is 11.7. The van der Waals surface area contributed by atoms with E-state index in [2.05, 4.69) is 20.1 Å². The van der Waals surface area contributed by atoms with Gasteiger partial charge in [0.2, 0.25) is 11.8 Å². The number of pyridine rings is 1. The van der Waals surface area contributed by atoms with Crippen LogP contribution in [0.5, 0.6) is 0 Å². The molecule has 1 fully saturated rings. The van der Waals surface area contributed by atoms with Gasteiger partial charge in [-0.25, -0.2) is 9.78 Å². The Morgan fingerprint density at radius 1 is 0.889 bits per heavy atom. The summed E-state index contributed by atoms with van der Waals surface area (Å²) in [4.78, 5) is 33.2. The van der Waals surface area contributed by atoms with Crippen LogP contribution in [0, 0.1) is 6.92 Å². The molecule has 0 unspecified atom stereocenters. The fourth-order valence-corrected chi connectivity index (χ4v) is 4.04. The number of benzene rings is 2. The third-order valence-corrected chi connectivity index (χ3v) is 6.10. The molecule has 0 saturated carbocycles. The molecule has 5 rings (SSSR count). The summed E-state index contributed by atoms with van der Waals surface area (Å²) in [7, 11) is 0. The van der Waals surface area contributed by atoms with E-state index in [1.807, 2.05) is 49.4 Å². The number of piperazine rings is 1. The van der Waals surface area contributed by atoms with Crippen LogP contribution >= 0.6 is 0 Å². The topological polar surface area (TPSA) is 102 Å². The molecule has 1 aliphatic rings. The first-order valence-electron chi connectivity index (χ1n) is 11.7. The van der Waals surface area contributed by atoms with Gasteiger partial charge in [-0.2, -0.15) is 0 Å². The fraction of sp³-hybridized carbons (Fsp3) is 0.222. The van der Waals surface area contributed by atoms with Crippen molar-refractivity contribution in [2.75, 3.05) is 37.7 Å². The summed E-state index contributed by atoms with van der Waals surface area (Å²) < 4.78 is 11.1. The molecule has 0 aliphatic carbocycles. The Morgan fingerprint density at radius 3 is 2.33 bits per heavy atom. The molecule has 2 aromatic carbocycles. The van der Waals surface area contributed by atoms with Gasteiger partial charge in [0.25, 0.3) is 5.91 Å². The lowest BCUT2D eigenvalue weighted by Crippen LogP contribution is -2.50. The maximum Gasteiger partial charge on any atom is 0.338 e. The summed E-state index contributed by atoms with van der Waals surface area (Å²) in [6.07, 6.45) is 1.75. The number of esters is 1. The molecule has 0 spiro atoms. The van der Waals surface area contributed by atoms with E-state index >= 15 is 0 Å². The number of hydrogen-bond acceptors (Lipinski definition) is 8. The van der Waals surface area contributed by atoms with Crippen LogP contribution in [0.2, 0.25) is 0 Å². The van der Waals surface area contributed by atoms with Crippen molar-refractivity contribution in [2.24, 2.45) is 0 Å². The lowest BCUT2D eigenvalue weighted by Gasteiger charge is -2.35. The van der Waals surface area contributed by atoms with Gasteiger partial charge in [-0.3, -0.25) is 4.79 Å². The summed E-state index contributed by atoms with van der Waals surface area (Å²) >= 11 is 0. The molecule has 3 heterocycles. The SMILES string of the molecule is Cc1ccccc1-c1nnc(-c2ccc(C(=O)OCC(=O)N3CCN(c4ccccn4)CC3)cc2)o1. The number of aryl methyl sites for hydroxylation is 1. The molecule has 9 nitrogen and oxygen atoms in total. The predicted octanol–water partition coefficient (Wildman–Crippen LogP) is 3.61. The third-order valence-electron chi connectivity index (χ3n) is 6.10. The number of aromatic nitrogens is 3. The molecule has 0 radical (unpaired) electrons. The minimum Gasteiger partial charge on any atom is -0.452 e. The van der Waals surface area contributed by atoms with Crippen molar-refractivity contribution in [3.8, 4) is 22.9 Å². The Labute approximate surface area is 208 Å². The normalized spacial score (nSPS) is 13.5. The zero-order valence-corrected chi connectivity index (χ0v) is 19.8. The Hall–Kier alpha value is -4.53. The van der Waals surface area contributed by atoms with Gasteiger partial charge in [-0.1, -0.05) is 24.3 Å². The molecule has 1 amide bonds. The van der Waals surface area contributed by atoms with E-state index in [0.717, 1.165) is 16.9 Å². The van der Waals surface area contributed by atoms with Crippen LogP contribution in [0.3, 0.4) is 0 Å². The molecule has 36 heavy (non-hydrogen) atoms. The largest absolute Gasteiger partial charge is 0.452 e. The molecule has 0 atom stereocenters. The van der Waals surface area contributed by atoms with E-state index < -0.39 is 5.97 Å². The molecule has 1 aliphatic heterocycles. The number of nitrogens with zero attached hydrogens (tertiary/aromatic N) is 5. The van der Waals surface area contributed by atoms with Gasteiger partial charge in [-0.05, 0) is 55.0 Å². The third kappa shape index (κ3) is 5.10. The van der Waals surface area contributed by atoms with Crippen molar-refractivity contribution in [3.63, 3.8) is 0 Å². The van der Waals surface area contributed by atoms with Gasteiger partial charge in [0.1, 0.15) is 5.82 Å². The first kappa shape index (κ1) is 23.2. The molecule has 0 N–H and O–H groups in total. The van der Waals surface area contributed by atoms with Crippen LogP contribution in [0.1, 0.15) is 15.9 Å². The molecular formula is C27H25N5O4. The Balaban J connectivity index is 1.14. The number of ether oxygens (including phenoxy) is 1. The van der Waals surface area contributed by atoms with E-state index in [1.54, 1.807) is 35.4 Å². The molecule has 1 saturated heterocycles. The van der Waals surface area contributed by atoms with E-state index in [0.29, 0.717) is 49.1 Å². The summed E-state index contributed by atoms with van der Waals surface area (Å²) in [6, 6.07) is 20.2. The maximum absolute atomic E-state index is 12.5. The van der Waals surface area contributed by atoms with E-state index in [-0.39, 0.29) is 12.5 Å². The smallest absolute Gasteiger partial charge is 0.338 e. The Morgan fingerprint density at radius 2 is 1.61 bits per heavy atom. The quantitative estimate of drug-likeness (QED) is 0.383. The molecule has 9 heteroatoms. The second-order valence-electron chi connectivity index (χ2n) is 8.44. The first-order chi connectivity index (χ1) is 17.6. The van der Waals surface area contributed by atoms with Crippen molar-refractivity contribution in [1.82, 2.24) is 20.1 Å². The monoisotopic (exact) mass is 483 g/mol. The Bertz CT molecular complexity index is 1350. The highest BCUT2D eigenvalue weighted by Crippen LogP contribution is 2.26. The van der Waals surface area contributed by atoms with Crippen LogP contribution in [0.15, 0.2) is 77.3 Å². The van der Waals surface area contributed by atoms with E-state index in [1.165, 1.54) is 0 Å². The van der Waals surface area contributed by atoms with Gasteiger partial charge in [0.05, 0.1) is 5.56 Å². The van der Waals surface area contributed by atoms with Gasteiger partial charge in [0, 0.05) is 43.5 Å². The van der Waals surface area contributed by atoms with Crippen LogP contribution in [0.25, 0.3) is 22.9 Å². The number of hydrogen-bond donors (Lipinski definition) is 0. The maximum atomic E-state index is 12.5. The lowest BCUT2D eigenvalue weighted by atomic mass is 10.1. The number of anilines is 1.